The SMILES string of the molecule is CC(c1ccccc1)N(Cc1ccccc1)C(c1ccccc1)C(O)C(=O)OC(C)(C)C. The van der Waals surface area contributed by atoms with Crippen molar-refractivity contribution in [3.8, 4) is 0 Å². The second-order valence-electron chi connectivity index (χ2n) is 9.08. The Hall–Kier alpha value is -2.95. The average Bonchev–Trinajstić information content (AvgIpc) is 2.79. The van der Waals surface area contributed by atoms with Crippen molar-refractivity contribution in [3.05, 3.63) is 108 Å². The van der Waals surface area contributed by atoms with Gasteiger partial charge in [0.15, 0.2) is 6.10 Å². The minimum atomic E-state index is -1.34. The van der Waals surface area contributed by atoms with Gasteiger partial charge in [0.2, 0.25) is 0 Å². The van der Waals surface area contributed by atoms with Gasteiger partial charge < -0.3 is 9.84 Å². The Balaban J connectivity index is 2.06. The highest BCUT2D eigenvalue weighted by Gasteiger charge is 2.37. The van der Waals surface area contributed by atoms with Crippen molar-refractivity contribution >= 4 is 5.97 Å². The van der Waals surface area contributed by atoms with E-state index in [4.69, 9.17) is 4.74 Å². The Morgan fingerprint density at radius 1 is 0.844 bits per heavy atom. The van der Waals surface area contributed by atoms with Gasteiger partial charge in [0.05, 0.1) is 6.04 Å². The number of aliphatic hydroxyl groups is 1. The van der Waals surface area contributed by atoms with Crippen LogP contribution in [-0.4, -0.2) is 27.7 Å². The number of carbonyl (C=O) groups is 1. The van der Waals surface area contributed by atoms with Crippen LogP contribution in [0, 0.1) is 0 Å². The smallest absolute Gasteiger partial charge is 0.337 e. The van der Waals surface area contributed by atoms with Gasteiger partial charge in [-0.1, -0.05) is 91.0 Å². The van der Waals surface area contributed by atoms with Gasteiger partial charge in [-0.15, -0.1) is 0 Å². The average molecular weight is 432 g/mol. The minimum absolute atomic E-state index is 0.0568. The quantitative estimate of drug-likeness (QED) is 0.465. The zero-order valence-electron chi connectivity index (χ0n) is 19.3. The molecule has 0 aliphatic heterocycles. The number of nitrogens with zero attached hydrogens (tertiary/aromatic N) is 1. The first-order chi connectivity index (χ1) is 15.3. The molecule has 0 aliphatic rings. The van der Waals surface area contributed by atoms with Crippen molar-refractivity contribution in [3.63, 3.8) is 0 Å². The largest absolute Gasteiger partial charge is 0.458 e. The van der Waals surface area contributed by atoms with Crippen molar-refractivity contribution in [1.29, 1.82) is 0 Å². The molecule has 3 atom stereocenters. The molecule has 0 amide bonds. The van der Waals surface area contributed by atoms with Gasteiger partial charge in [-0.2, -0.15) is 0 Å². The molecule has 0 spiro atoms. The molecule has 0 aromatic heterocycles. The normalized spacial score (nSPS) is 14.6. The second-order valence-corrected chi connectivity index (χ2v) is 9.08. The highest BCUT2D eigenvalue weighted by atomic mass is 16.6. The standard InChI is InChI=1S/C28H33NO3/c1-21(23-16-10-6-11-17-23)29(20-22-14-8-5-9-15-22)25(24-18-12-7-13-19-24)26(30)27(31)32-28(2,3)4/h5-19,21,25-26,30H,20H2,1-4H3. The summed E-state index contributed by atoms with van der Waals surface area (Å²) in [6.07, 6.45) is -1.34. The first-order valence-corrected chi connectivity index (χ1v) is 11.1. The van der Waals surface area contributed by atoms with Crippen molar-refractivity contribution in [1.82, 2.24) is 4.90 Å². The van der Waals surface area contributed by atoms with Crippen molar-refractivity contribution in [2.45, 2.75) is 58.0 Å². The van der Waals surface area contributed by atoms with Crippen LogP contribution in [-0.2, 0) is 16.1 Å². The number of ether oxygens (including phenoxy) is 1. The Labute approximate surface area is 191 Å². The molecule has 4 heteroatoms. The predicted molar refractivity (Wildman–Crippen MR) is 128 cm³/mol. The third kappa shape index (κ3) is 6.28. The van der Waals surface area contributed by atoms with Crippen LogP contribution in [0.1, 0.15) is 56.5 Å². The van der Waals surface area contributed by atoms with Crippen LogP contribution in [0.15, 0.2) is 91.0 Å². The van der Waals surface area contributed by atoms with Crippen LogP contribution in [0.5, 0.6) is 0 Å². The third-order valence-electron chi connectivity index (χ3n) is 5.43. The van der Waals surface area contributed by atoms with E-state index in [9.17, 15) is 9.90 Å². The van der Waals surface area contributed by atoms with Gasteiger partial charge in [0, 0.05) is 12.6 Å². The van der Waals surface area contributed by atoms with Gasteiger partial charge in [-0.3, -0.25) is 4.90 Å². The summed E-state index contributed by atoms with van der Waals surface area (Å²) < 4.78 is 5.57. The minimum Gasteiger partial charge on any atom is -0.458 e. The number of benzene rings is 3. The highest BCUT2D eigenvalue weighted by molar-refractivity contribution is 5.76. The second kappa shape index (κ2) is 10.6. The summed E-state index contributed by atoms with van der Waals surface area (Å²) in [5, 5.41) is 11.3. The fourth-order valence-electron chi connectivity index (χ4n) is 3.89. The molecule has 3 rings (SSSR count). The van der Waals surface area contributed by atoms with Gasteiger partial charge in [0.1, 0.15) is 5.60 Å². The lowest BCUT2D eigenvalue weighted by Gasteiger charge is -2.39. The zero-order chi connectivity index (χ0) is 23.1. The van der Waals surface area contributed by atoms with Crippen LogP contribution >= 0.6 is 0 Å². The Morgan fingerprint density at radius 3 is 1.81 bits per heavy atom. The fraction of sp³-hybridized carbons (Fsp3) is 0.321. The van der Waals surface area contributed by atoms with Gasteiger partial charge in [-0.25, -0.2) is 4.79 Å². The van der Waals surface area contributed by atoms with E-state index in [2.05, 4.69) is 36.1 Å². The summed E-state index contributed by atoms with van der Waals surface area (Å²) in [4.78, 5) is 15.2. The Kier molecular flexibility index (Phi) is 7.84. The summed E-state index contributed by atoms with van der Waals surface area (Å²) >= 11 is 0. The van der Waals surface area contributed by atoms with Gasteiger partial charge in [0.25, 0.3) is 0 Å². The molecule has 0 heterocycles. The molecule has 3 unspecified atom stereocenters. The molecule has 4 nitrogen and oxygen atoms in total. The van der Waals surface area contributed by atoms with E-state index >= 15 is 0 Å². The lowest BCUT2D eigenvalue weighted by Crippen LogP contribution is -2.44. The van der Waals surface area contributed by atoms with Crippen molar-refractivity contribution in [2.75, 3.05) is 0 Å². The molecule has 0 saturated carbocycles. The lowest BCUT2D eigenvalue weighted by molar-refractivity contribution is -0.170. The van der Waals surface area contributed by atoms with Crippen molar-refractivity contribution in [2.24, 2.45) is 0 Å². The Bertz CT molecular complexity index is 968. The van der Waals surface area contributed by atoms with Crippen LogP contribution in [0.3, 0.4) is 0 Å². The molecule has 3 aromatic carbocycles. The maximum atomic E-state index is 13.0. The molecule has 0 aliphatic carbocycles. The molecular weight excluding hydrogens is 398 g/mol. The zero-order valence-corrected chi connectivity index (χ0v) is 19.3. The third-order valence-corrected chi connectivity index (χ3v) is 5.43. The summed E-state index contributed by atoms with van der Waals surface area (Å²) in [7, 11) is 0. The first-order valence-electron chi connectivity index (χ1n) is 11.1. The molecule has 0 bridgehead atoms. The number of rotatable bonds is 8. The van der Waals surface area contributed by atoms with Crippen LogP contribution < -0.4 is 0 Å². The summed E-state index contributed by atoms with van der Waals surface area (Å²) in [5.41, 5.74) is 2.40. The predicted octanol–water partition coefficient (Wildman–Crippen LogP) is 5.69. The summed E-state index contributed by atoms with van der Waals surface area (Å²) in [6, 6.07) is 29.3. The van der Waals surface area contributed by atoms with E-state index in [1.54, 1.807) is 0 Å². The monoisotopic (exact) mass is 431 g/mol. The maximum absolute atomic E-state index is 13.0. The summed E-state index contributed by atoms with van der Waals surface area (Å²) in [5.74, 6) is -0.621. The first kappa shape index (κ1) is 23.7. The fourth-order valence-corrected chi connectivity index (χ4v) is 3.89. The maximum Gasteiger partial charge on any atom is 0.337 e. The summed E-state index contributed by atoms with van der Waals surface area (Å²) in [6.45, 7) is 8.10. The number of hydrogen-bond donors (Lipinski definition) is 1. The molecule has 0 saturated heterocycles. The number of aliphatic hydroxyl groups excluding tert-OH is 1. The van der Waals surface area contributed by atoms with E-state index in [1.165, 1.54) is 0 Å². The number of carbonyl (C=O) groups excluding carboxylic acids is 1. The number of hydrogen-bond acceptors (Lipinski definition) is 4. The van der Waals surface area contributed by atoms with Crippen LogP contribution in [0.25, 0.3) is 0 Å². The van der Waals surface area contributed by atoms with Gasteiger partial charge in [-0.05, 0) is 44.4 Å². The number of esters is 1. The van der Waals surface area contributed by atoms with Crippen LogP contribution in [0.4, 0.5) is 0 Å². The molecule has 32 heavy (non-hydrogen) atoms. The van der Waals surface area contributed by atoms with E-state index in [-0.39, 0.29) is 6.04 Å². The molecule has 0 fully saturated rings. The van der Waals surface area contributed by atoms with Crippen molar-refractivity contribution < 1.29 is 14.6 Å². The van der Waals surface area contributed by atoms with Crippen LogP contribution in [0.2, 0.25) is 0 Å². The van der Waals surface area contributed by atoms with E-state index < -0.39 is 23.7 Å². The Morgan fingerprint density at radius 2 is 1.31 bits per heavy atom. The van der Waals surface area contributed by atoms with E-state index in [0.717, 1.165) is 16.7 Å². The van der Waals surface area contributed by atoms with Gasteiger partial charge >= 0.3 is 5.97 Å². The lowest BCUT2D eigenvalue weighted by atomic mass is 9.95. The van der Waals surface area contributed by atoms with E-state index in [0.29, 0.717) is 6.54 Å². The van der Waals surface area contributed by atoms with E-state index in [1.807, 2.05) is 87.5 Å². The molecule has 3 aromatic rings. The molecular formula is C28H33NO3. The molecule has 1 N–H and O–H groups in total. The molecule has 0 radical (unpaired) electrons. The topological polar surface area (TPSA) is 49.8 Å². The molecule has 168 valence electrons. The highest BCUT2D eigenvalue weighted by Crippen LogP contribution is 2.35.